The van der Waals surface area contributed by atoms with Crippen LogP contribution in [0.1, 0.15) is 37.8 Å². The van der Waals surface area contributed by atoms with Crippen molar-refractivity contribution < 1.29 is 37.4 Å². The topological polar surface area (TPSA) is 156 Å². The molecule has 252 valence electrons. The molecule has 0 saturated carbocycles. The number of carbonyl (C=O) groups is 3. The number of nitrogens with one attached hydrogen (secondary N) is 2. The summed E-state index contributed by atoms with van der Waals surface area (Å²) >= 11 is 0. The van der Waals surface area contributed by atoms with Gasteiger partial charge < -0.3 is 20.4 Å². The Hall–Kier alpha value is -4.17. The summed E-state index contributed by atoms with van der Waals surface area (Å²) in [7, 11) is -0.0676. The maximum Gasteiger partial charge on any atom is 0.238 e. The van der Waals surface area contributed by atoms with E-state index in [9.17, 15) is 33.0 Å². The molecule has 0 bridgehead atoms. The number of rotatable bonds is 13. The van der Waals surface area contributed by atoms with Gasteiger partial charge in [-0.3, -0.25) is 19.3 Å². The number of amides is 1. The molecule has 11 nitrogen and oxygen atoms in total. The second kappa shape index (κ2) is 15.2. The van der Waals surface area contributed by atoms with Gasteiger partial charge in [0.05, 0.1) is 6.26 Å². The molecule has 3 aromatic carbocycles. The predicted octanol–water partition coefficient (Wildman–Crippen LogP) is 2.54. The molecule has 4 atom stereocenters. The van der Waals surface area contributed by atoms with Gasteiger partial charge in [-0.25, -0.2) is 17.5 Å². The highest BCUT2D eigenvalue weighted by atomic mass is 32.2. The molecule has 13 heteroatoms. The van der Waals surface area contributed by atoms with Gasteiger partial charge in [-0.15, -0.1) is 0 Å². The Balaban J connectivity index is 1.89. The van der Waals surface area contributed by atoms with Crippen LogP contribution in [0.15, 0.2) is 66.7 Å². The second-order valence-electron chi connectivity index (χ2n) is 12.2. The van der Waals surface area contributed by atoms with Crippen LogP contribution in [-0.4, -0.2) is 105 Å². The van der Waals surface area contributed by atoms with E-state index < -0.39 is 57.1 Å². The van der Waals surface area contributed by atoms with Gasteiger partial charge in [0, 0.05) is 61.6 Å². The van der Waals surface area contributed by atoms with E-state index in [0.29, 0.717) is 12.1 Å². The van der Waals surface area contributed by atoms with Crippen molar-refractivity contribution in [1.82, 2.24) is 19.8 Å². The molecule has 4 N–H and O–H groups in total. The standard InChI is InChI=1S/C34H41FN4O7S/c1-21-26(12-7-13-29(21)35)31-27(32(42)22-8-5-10-24(40)16-22)19-39(20-28(31)33(43)23-9-6-11-25(41)17-23)30(18-37-47(4,45)46)34(44)36-14-15-38(2)3/h5-13,16-17,27-28,30-31,37,40-41H,14-15,18-20H2,1-4H3,(H,36,44)/t27-,28+,30-,31?/m0/s1. The van der Waals surface area contributed by atoms with E-state index in [-0.39, 0.29) is 54.4 Å². The number of Topliss-reactive ketones (excluding diaryl/α,β-unsaturated/α-hetero) is 2. The predicted molar refractivity (Wildman–Crippen MR) is 176 cm³/mol. The number of hydrogen-bond acceptors (Lipinski definition) is 9. The van der Waals surface area contributed by atoms with E-state index in [0.717, 1.165) is 6.26 Å². The van der Waals surface area contributed by atoms with Crippen molar-refractivity contribution in [1.29, 1.82) is 0 Å². The maximum absolute atomic E-state index is 15.1. The SMILES string of the molecule is Cc1c(F)cccc1C1[C@@H](C(=O)c2cccc(O)c2)CN([C@@H](CNS(C)(=O)=O)C(=O)NCCN(C)C)C[C@H]1C(=O)c1cccc(O)c1. The van der Waals surface area contributed by atoms with E-state index in [1.165, 1.54) is 60.7 Å². The van der Waals surface area contributed by atoms with Crippen LogP contribution in [0.3, 0.4) is 0 Å². The molecule has 1 unspecified atom stereocenters. The fourth-order valence-electron chi connectivity index (χ4n) is 6.14. The monoisotopic (exact) mass is 668 g/mol. The van der Waals surface area contributed by atoms with E-state index in [1.807, 2.05) is 19.0 Å². The molecule has 1 aliphatic heterocycles. The summed E-state index contributed by atoms with van der Waals surface area (Å²) in [5, 5.41) is 23.2. The minimum Gasteiger partial charge on any atom is -0.508 e. The lowest BCUT2D eigenvalue weighted by atomic mass is 9.67. The van der Waals surface area contributed by atoms with Gasteiger partial charge in [0.25, 0.3) is 0 Å². The van der Waals surface area contributed by atoms with Gasteiger partial charge >= 0.3 is 0 Å². The number of likely N-dealkylation sites (N-methyl/N-ethyl adjacent to an activating group) is 1. The molecule has 47 heavy (non-hydrogen) atoms. The number of halogens is 1. The van der Waals surface area contributed by atoms with E-state index in [2.05, 4.69) is 10.0 Å². The Morgan fingerprint density at radius 1 is 0.936 bits per heavy atom. The third-order valence-corrected chi connectivity index (χ3v) is 9.16. The first-order valence-electron chi connectivity index (χ1n) is 15.2. The Morgan fingerprint density at radius 2 is 1.47 bits per heavy atom. The molecule has 1 fully saturated rings. The largest absolute Gasteiger partial charge is 0.508 e. The molecule has 4 rings (SSSR count). The Bertz CT molecular complexity index is 1670. The zero-order valence-corrected chi connectivity index (χ0v) is 27.6. The minimum absolute atomic E-state index is 0.0872. The molecule has 0 aliphatic carbocycles. The van der Waals surface area contributed by atoms with E-state index in [1.54, 1.807) is 17.9 Å². The van der Waals surface area contributed by atoms with Gasteiger partial charge in [0.1, 0.15) is 23.4 Å². The molecule has 1 aliphatic rings. The van der Waals surface area contributed by atoms with Crippen LogP contribution in [0.2, 0.25) is 0 Å². The van der Waals surface area contributed by atoms with Crippen molar-refractivity contribution in [3.05, 3.63) is 94.8 Å². The second-order valence-corrected chi connectivity index (χ2v) is 14.0. The van der Waals surface area contributed by atoms with Crippen LogP contribution in [0, 0.1) is 24.6 Å². The highest BCUT2D eigenvalue weighted by Gasteiger charge is 2.48. The Morgan fingerprint density at radius 3 is 1.96 bits per heavy atom. The summed E-state index contributed by atoms with van der Waals surface area (Å²) in [6.45, 7) is 1.83. The first kappa shape index (κ1) is 35.7. The first-order chi connectivity index (χ1) is 22.2. The Labute approximate surface area is 274 Å². The number of ketones is 2. The molecular formula is C34H41FN4O7S. The fourth-order valence-corrected chi connectivity index (χ4v) is 6.60. The van der Waals surface area contributed by atoms with Crippen LogP contribution in [0.4, 0.5) is 4.39 Å². The lowest BCUT2D eigenvalue weighted by Gasteiger charge is -2.46. The fraction of sp³-hybridized carbons (Fsp3) is 0.382. The molecule has 0 radical (unpaired) electrons. The summed E-state index contributed by atoms with van der Waals surface area (Å²) in [6.07, 6.45) is 0.968. The average Bonchev–Trinajstić information content (AvgIpc) is 3.00. The van der Waals surface area contributed by atoms with Crippen LogP contribution in [-0.2, 0) is 14.8 Å². The summed E-state index contributed by atoms with van der Waals surface area (Å²) in [5.41, 5.74) is 0.995. The normalized spacial score (nSPS) is 19.3. The van der Waals surface area contributed by atoms with Crippen molar-refractivity contribution in [2.45, 2.75) is 18.9 Å². The van der Waals surface area contributed by atoms with Gasteiger partial charge in [-0.05, 0) is 62.5 Å². The van der Waals surface area contributed by atoms with E-state index in [4.69, 9.17) is 0 Å². The lowest BCUT2D eigenvalue weighted by Crippen LogP contribution is -2.60. The smallest absolute Gasteiger partial charge is 0.238 e. The molecule has 1 heterocycles. The van der Waals surface area contributed by atoms with Crippen LogP contribution in [0.5, 0.6) is 11.5 Å². The van der Waals surface area contributed by atoms with Crippen molar-refractivity contribution in [2.75, 3.05) is 53.1 Å². The highest BCUT2D eigenvalue weighted by Crippen LogP contribution is 2.43. The van der Waals surface area contributed by atoms with Gasteiger partial charge in [-0.2, -0.15) is 0 Å². The van der Waals surface area contributed by atoms with Crippen molar-refractivity contribution in [2.24, 2.45) is 11.8 Å². The van der Waals surface area contributed by atoms with E-state index >= 15 is 4.39 Å². The van der Waals surface area contributed by atoms with Crippen molar-refractivity contribution >= 4 is 27.5 Å². The van der Waals surface area contributed by atoms with Gasteiger partial charge in [-0.1, -0.05) is 36.4 Å². The number of aromatic hydroxyl groups is 2. The lowest BCUT2D eigenvalue weighted by molar-refractivity contribution is -0.127. The average molecular weight is 669 g/mol. The zero-order valence-electron chi connectivity index (χ0n) is 26.8. The van der Waals surface area contributed by atoms with Crippen molar-refractivity contribution in [3.8, 4) is 11.5 Å². The number of likely N-dealkylation sites (tertiary alicyclic amines) is 1. The molecule has 1 amide bonds. The van der Waals surface area contributed by atoms with Crippen LogP contribution < -0.4 is 10.0 Å². The summed E-state index contributed by atoms with van der Waals surface area (Å²) in [6, 6.07) is 14.9. The highest BCUT2D eigenvalue weighted by molar-refractivity contribution is 7.88. The summed E-state index contributed by atoms with van der Waals surface area (Å²) < 4.78 is 41.8. The van der Waals surface area contributed by atoms with Gasteiger partial charge in [0.15, 0.2) is 11.6 Å². The number of sulfonamides is 1. The maximum atomic E-state index is 15.1. The number of phenolic OH excluding ortho intramolecular Hbond substituents is 2. The number of carbonyl (C=O) groups excluding carboxylic acids is 3. The summed E-state index contributed by atoms with van der Waals surface area (Å²) in [4.78, 5) is 45.9. The van der Waals surface area contributed by atoms with Crippen molar-refractivity contribution in [3.63, 3.8) is 0 Å². The number of benzene rings is 3. The molecule has 0 aromatic heterocycles. The Kier molecular flexibility index (Phi) is 11.5. The molecule has 1 saturated heterocycles. The molecule has 0 spiro atoms. The quantitative estimate of drug-likeness (QED) is 0.201. The third-order valence-electron chi connectivity index (χ3n) is 8.47. The molecule has 3 aromatic rings. The number of phenols is 2. The molecular weight excluding hydrogens is 627 g/mol. The number of hydrogen-bond donors (Lipinski definition) is 4. The third kappa shape index (κ3) is 9.01. The number of nitrogens with zero attached hydrogens (tertiary/aromatic N) is 2. The van der Waals surface area contributed by atoms with Gasteiger partial charge in [0.2, 0.25) is 15.9 Å². The summed E-state index contributed by atoms with van der Waals surface area (Å²) in [5.74, 6) is -5.17. The van der Waals surface area contributed by atoms with Crippen LogP contribution in [0.25, 0.3) is 0 Å². The minimum atomic E-state index is -3.74. The zero-order chi connectivity index (χ0) is 34.5. The van der Waals surface area contributed by atoms with Crippen LogP contribution >= 0.6 is 0 Å². The first-order valence-corrected chi connectivity index (χ1v) is 17.1. The number of piperidine rings is 1.